The van der Waals surface area contributed by atoms with Crippen LogP contribution in [0.3, 0.4) is 0 Å². The van der Waals surface area contributed by atoms with E-state index in [0.29, 0.717) is 5.92 Å². The average molecular weight is 157 g/mol. The number of allylic oxidation sites excluding steroid dienone is 1. The van der Waals surface area contributed by atoms with E-state index >= 15 is 0 Å². The van der Waals surface area contributed by atoms with Crippen molar-refractivity contribution in [1.82, 2.24) is 5.32 Å². The molecule has 0 bridgehead atoms. The van der Waals surface area contributed by atoms with E-state index in [0.717, 1.165) is 13.0 Å². The fraction of sp³-hybridized carbons (Fsp3) is 0.778. The van der Waals surface area contributed by atoms with E-state index in [9.17, 15) is 0 Å². The molecule has 0 saturated carbocycles. The van der Waals surface area contributed by atoms with Gasteiger partial charge in [-0.2, -0.15) is 0 Å². The van der Waals surface area contributed by atoms with Gasteiger partial charge in [-0.25, -0.2) is 0 Å². The first-order valence-corrected chi connectivity index (χ1v) is 4.17. The maximum atomic E-state index is 8.92. The van der Waals surface area contributed by atoms with Crippen LogP contribution in [-0.4, -0.2) is 24.8 Å². The van der Waals surface area contributed by atoms with Crippen molar-refractivity contribution in [2.75, 3.05) is 13.6 Å². The fourth-order valence-electron chi connectivity index (χ4n) is 0.819. The topological polar surface area (TPSA) is 32.3 Å². The molecule has 0 saturated heterocycles. The van der Waals surface area contributed by atoms with Gasteiger partial charge in [-0.1, -0.05) is 19.1 Å². The smallest absolute Gasteiger partial charge is 0.0692 e. The number of hydrogen-bond acceptors (Lipinski definition) is 2. The Hall–Kier alpha value is -0.340. The van der Waals surface area contributed by atoms with Crippen LogP contribution in [0, 0.1) is 5.92 Å². The van der Waals surface area contributed by atoms with Gasteiger partial charge in [0.2, 0.25) is 0 Å². The van der Waals surface area contributed by atoms with Gasteiger partial charge in [-0.15, -0.1) is 0 Å². The van der Waals surface area contributed by atoms with Gasteiger partial charge in [0.1, 0.15) is 0 Å². The van der Waals surface area contributed by atoms with Gasteiger partial charge < -0.3 is 10.4 Å². The summed E-state index contributed by atoms with van der Waals surface area (Å²) in [6, 6.07) is 0. The van der Waals surface area contributed by atoms with E-state index < -0.39 is 0 Å². The predicted molar refractivity (Wildman–Crippen MR) is 48.5 cm³/mol. The monoisotopic (exact) mass is 157 g/mol. The van der Waals surface area contributed by atoms with Crippen LogP contribution in [0.1, 0.15) is 20.3 Å². The van der Waals surface area contributed by atoms with Gasteiger partial charge >= 0.3 is 0 Å². The number of rotatable bonds is 5. The van der Waals surface area contributed by atoms with E-state index in [2.05, 4.69) is 18.3 Å². The van der Waals surface area contributed by atoms with Gasteiger partial charge in [0.05, 0.1) is 6.10 Å². The van der Waals surface area contributed by atoms with Crippen molar-refractivity contribution in [1.29, 1.82) is 0 Å². The summed E-state index contributed by atoms with van der Waals surface area (Å²) in [7, 11) is 1.95. The summed E-state index contributed by atoms with van der Waals surface area (Å²) >= 11 is 0. The van der Waals surface area contributed by atoms with E-state index in [4.69, 9.17) is 5.11 Å². The minimum atomic E-state index is -0.313. The minimum absolute atomic E-state index is 0.313. The van der Waals surface area contributed by atoms with Crippen molar-refractivity contribution in [2.24, 2.45) is 5.92 Å². The highest BCUT2D eigenvalue weighted by atomic mass is 16.3. The zero-order chi connectivity index (χ0) is 8.69. The zero-order valence-electron chi connectivity index (χ0n) is 7.67. The Morgan fingerprint density at radius 1 is 1.36 bits per heavy atom. The third-order valence-electron chi connectivity index (χ3n) is 1.57. The van der Waals surface area contributed by atoms with Crippen molar-refractivity contribution in [3.63, 3.8) is 0 Å². The molecule has 0 heterocycles. The fourth-order valence-corrected chi connectivity index (χ4v) is 0.819. The molecule has 0 aromatic rings. The number of aliphatic hydroxyl groups excluding tert-OH is 1. The van der Waals surface area contributed by atoms with Gasteiger partial charge in [0, 0.05) is 0 Å². The van der Waals surface area contributed by atoms with Crippen LogP contribution in [0.4, 0.5) is 0 Å². The summed E-state index contributed by atoms with van der Waals surface area (Å²) in [6.45, 7) is 4.95. The van der Waals surface area contributed by atoms with Crippen LogP contribution in [-0.2, 0) is 0 Å². The highest BCUT2D eigenvalue weighted by Crippen LogP contribution is 2.02. The molecule has 0 aliphatic heterocycles. The molecule has 11 heavy (non-hydrogen) atoms. The molecule has 0 aliphatic rings. The molecule has 0 aromatic carbocycles. The third kappa shape index (κ3) is 7.56. The van der Waals surface area contributed by atoms with Crippen molar-refractivity contribution in [2.45, 2.75) is 26.4 Å². The predicted octanol–water partition coefficient (Wildman–Crippen LogP) is 1.17. The molecular formula is C9H19NO. The molecule has 2 heteroatoms. The summed E-state index contributed by atoms with van der Waals surface area (Å²) in [5.41, 5.74) is 0. The third-order valence-corrected chi connectivity index (χ3v) is 1.57. The van der Waals surface area contributed by atoms with Crippen LogP contribution in [0.15, 0.2) is 12.2 Å². The summed E-state index contributed by atoms with van der Waals surface area (Å²) in [4.78, 5) is 0. The highest BCUT2D eigenvalue weighted by molar-refractivity contribution is 4.90. The molecule has 0 radical (unpaired) electrons. The molecule has 2 nitrogen and oxygen atoms in total. The van der Waals surface area contributed by atoms with Gasteiger partial charge in [-0.3, -0.25) is 0 Å². The SMILES string of the molecule is CNCCC(C)C=CC(C)O. The van der Waals surface area contributed by atoms with E-state index in [1.807, 2.05) is 13.1 Å². The number of aliphatic hydroxyl groups is 1. The first-order valence-electron chi connectivity index (χ1n) is 4.17. The van der Waals surface area contributed by atoms with Crippen LogP contribution < -0.4 is 5.32 Å². The normalized spacial score (nSPS) is 17.1. The lowest BCUT2D eigenvalue weighted by Crippen LogP contribution is -2.10. The van der Waals surface area contributed by atoms with Crippen LogP contribution in [0.2, 0.25) is 0 Å². The minimum Gasteiger partial charge on any atom is -0.389 e. The van der Waals surface area contributed by atoms with Crippen LogP contribution >= 0.6 is 0 Å². The van der Waals surface area contributed by atoms with Crippen molar-refractivity contribution in [3.8, 4) is 0 Å². The number of hydrogen-bond donors (Lipinski definition) is 2. The standard InChI is InChI=1S/C9H19NO/c1-8(6-7-10-3)4-5-9(2)11/h4-5,8-11H,6-7H2,1-3H3. The molecule has 0 amide bonds. The lowest BCUT2D eigenvalue weighted by atomic mass is 10.1. The Balaban J connectivity index is 3.42. The molecule has 0 rings (SSSR count). The second-order valence-corrected chi connectivity index (χ2v) is 3.00. The molecule has 2 unspecified atom stereocenters. The molecule has 2 atom stereocenters. The van der Waals surface area contributed by atoms with Gasteiger partial charge in [0.25, 0.3) is 0 Å². The Kier molecular flexibility index (Phi) is 6.18. The van der Waals surface area contributed by atoms with Crippen LogP contribution in [0.5, 0.6) is 0 Å². The maximum Gasteiger partial charge on any atom is 0.0692 e. The second-order valence-electron chi connectivity index (χ2n) is 3.00. The molecule has 66 valence electrons. The molecular weight excluding hydrogens is 138 g/mol. The maximum absolute atomic E-state index is 8.92. The summed E-state index contributed by atoms with van der Waals surface area (Å²) in [5.74, 6) is 0.553. The molecule has 0 spiro atoms. The Morgan fingerprint density at radius 2 is 2.00 bits per heavy atom. The van der Waals surface area contributed by atoms with Gasteiger partial charge in [-0.05, 0) is 32.9 Å². The summed E-state index contributed by atoms with van der Waals surface area (Å²) in [5, 5.41) is 12.0. The van der Waals surface area contributed by atoms with Crippen LogP contribution in [0.25, 0.3) is 0 Å². The first kappa shape index (κ1) is 10.7. The van der Waals surface area contributed by atoms with E-state index in [1.165, 1.54) is 0 Å². The lowest BCUT2D eigenvalue weighted by Gasteiger charge is -2.04. The van der Waals surface area contributed by atoms with Crippen molar-refractivity contribution < 1.29 is 5.11 Å². The summed E-state index contributed by atoms with van der Waals surface area (Å²) in [6.07, 6.45) is 4.70. The zero-order valence-corrected chi connectivity index (χ0v) is 7.67. The van der Waals surface area contributed by atoms with Crippen molar-refractivity contribution in [3.05, 3.63) is 12.2 Å². The Bertz CT molecular complexity index is 110. The molecule has 0 fully saturated rings. The lowest BCUT2D eigenvalue weighted by molar-refractivity contribution is 0.243. The Morgan fingerprint density at radius 3 is 2.45 bits per heavy atom. The highest BCUT2D eigenvalue weighted by Gasteiger charge is 1.95. The second kappa shape index (κ2) is 6.38. The molecule has 0 aliphatic carbocycles. The van der Waals surface area contributed by atoms with E-state index in [-0.39, 0.29) is 6.10 Å². The quantitative estimate of drug-likeness (QED) is 0.587. The van der Waals surface area contributed by atoms with Crippen molar-refractivity contribution >= 4 is 0 Å². The summed E-state index contributed by atoms with van der Waals surface area (Å²) < 4.78 is 0. The largest absolute Gasteiger partial charge is 0.389 e. The Labute approximate surface area is 69.3 Å². The molecule has 0 aromatic heterocycles. The molecule has 2 N–H and O–H groups in total. The number of nitrogens with one attached hydrogen (secondary N) is 1. The van der Waals surface area contributed by atoms with Gasteiger partial charge in [0.15, 0.2) is 0 Å². The first-order chi connectivity index (χ1) is 5.16. The van der Waals surface area contributed by atoms with E-state index in [1.54, 1.807) is 6.92 Å². The average Bonchev–Trinajstić information content (AvgIpc) is 1.97.